The maximum Gasteiger partial charge on any atom is 0.176 e. The first-order valence-corrected chi connectivity index (χ1v) is 4.92. The zero-order valence-electron chi connectivity index (χ0n) is 8.50. The van der Waals surface area contributed by atoms with E-state index in [0.717, 1.165) is 29.4 Å². The molecule has 0 fully saturated rings. The minimum atomic E-state index is 0.303. The lowest BCUT2D eigenvalue weighted by Crippen LogP contribution is -1.84. The second-order valence-electron chi connectivity index (χ2n) is 3.62. The Morgan fingerprint density at radius 1 is 1.36 bits per heavy atom. The molecule has 2 heteroatoms. The molecule has 0 unspecified atom stereocenters. The Kier molecular flexibility index (Phi) is 2.20. The number of hydrogen-bond donors (Lipinski definition) is 1. The van der Waals surface area contributed by atoms with Gasteiger partial charge in [-0.15, -0.1) is 0 Å². The third-order valence-electron chi connectivity index (χ3n) is 2.51. The molecule has 0 bridgehead atoms. The van der Waals surface area contributed by atoms with Crippen LogP contribution in [0.1, 0.15) is 24.5 Å². The molecule has 0 saturated carbocycles. The fourth-order valence-corrected chi connectivity index (χ4v) is 1.72. The summed E-state index contributed by atoms with van der Waals surface area (Å²) in [5, 5.41) is 10.9. The quantitative estimate of drug-likeness (QED) is 0.787. The van der Waals surface area contributed by atoms with Crippen LogP contribution >= 0.6 is 0 Å². The molecule has 0 aliphatic heterocycles. The summed E-state index contributed by atoms with van der Waals surface area (Å²) in [5.74, 6) is 0.303. The second-order valence-corrected chi connectivity index (χ2v) is 3.62. The van der Waals surface area contributed by atoms with E-state index in [1.165, 1.54) is 0 Å². The van der Waals surface area contributed by atoms with E-state index in [-0.39, 0.29) is 0 Å². The van der Waals surface area contributed by atoms with Gasteiger partial charge in [-0.1, -0.05) is 25.5 Å². The van der Waals surface area contributed by atoms with Crippen LogP contribution in [-0.4, -0.2) is 5.11 Å². The van der Waals surface area contributed by atoms with Crippen LogP contribution in [0.25, 0.3) is 11.0 Å². The van der Waals surface area contributed by atoms with E-state index in [1.54, 1.807) is 6.26 Å². The molecule has 0 atom stereocenters. The van der Waals surface area contributed by atoms with Crippen LogP contribution in [0.4, 0.5) is 0 Å². The second kappa shape index (κ2) is 3.37. The lowest BCUT2D eigenvalue weighted by molar-refractivity contribution is 0.458. The SMILES string of the molecule is CCCc1ccc2c(C)coc2c1O. The summed E-state index contributed by atoms with van der Waals surface area (Å²) in [6, 6.07) is 3.99. The summed E-state index contributed by atoms with van der Waals surface area (Å²) >= 11 is 0. The maximum atomic E-state index is 9.90. The summed E-state index contributed by atoms with van der Waals surface area (Å²) in [4.78, 5) is 0. The van der Waals surface area contributed by atoms with Crippen molar-refractivity contribution in [2.45, 2.75) is 26.7 Å². The van der Waals surface area contributed by atoms with E-state index < -0.39 is 0 Å². The average molecular weight is 190 g/mol. The summed E-state index contributed by atoms with van der Waals surface area (Å²) in [7, 11) is 0. The van der Waals surface area contributed by atoms with Crippen molar-refractivity contribution < 1.29 is 9.52 Å². The van der Waals surface area contributed by atoms with Gasteiger partial charge in [-0.05, 0) is 24.5 Å². The van der Waals surface area contributed by atoms with Gasteiger partial charge in [-0.3, -0.25) is 0 Å². The van der Waals surface area contributed by atoms with Crippen molar-refractivity contribution in [1.29, 1.82) is 0 Å². The Bertz CT molecular complexity index is 455. The fraction of sp³-hybridized carbons (Fsp3) is 0.333. The molecule has 0 spiro atoms. The maximum absolute atomic E-state index is 9.90. The van der Waals surface area contributed by atoms with Gasteiger partial charge in [0.05, 0.1) is 6.26 Å². The van der Waals surface area contributed by atoms with E-state index in [9.17, 15) is 5.11 Å². The minimum Gasteiger partial charge on any atom is -0.504 e. The van der Waals surface area contributed by atoms with Gasteiger partial charge in [-0.25, -0.2) is 0 Å². The molecule has 2 nitrogen and oxygen atoms in total. The topological polar surface area (TPSA) is 33.4 Å². The Labute approximate surface area is 83.2 Å². The van der Waals surface area contributed by atoms with Crippen molar-refractivity contribution in [3.05, 3.63) is 29.5 Å². The molecule has 0 aliphatic carbocycles. The van der Waals surface area contributed by atoms with Crippen molar-refractivity contribution in [3.8, 4) is 5.75 Å². The summed E-state index contributed by atoms with van der Waals surface area (Å²) in [6.45, 7) is 4.07. The van der Waals surface area contributed by atoms with Gasteiger partial charge in [0.15, 0.2) is 11.3 Å². The molecule has 1 aromatic heterocycles. The zero-order chi connectivity index (χ0) is 10.1. The smallest absolute Gasteiger partial charge is 0.176 e. The van der Waals surface area contributed by atoms with Gasteiger partial charge in [0.2, 0.25) is 0 Å². The average Bonchev–Trinajstić information content (AvgIpc) is 2.54. The standard InChI is InChI=1S/C12H14O2/c1-3-4-9-5-6-10-8(2)7-14-12(10)11(9)13/h5-7,13H,3-4H2,1-2H3. The first-order chi connectivity index (χ1) is 6.74. The van der Waals surface area contributed by atoms with Gasteiger partial charge in [0.1, 0.15) is 0 Å². The molecular weight excluding hydrogens is 176 g/mol. The van der Waals surface area contributed by atoms with Crippen LogP contribution in [0.5, 0.6) is 5.75 Å². The number of aromatic hydroxyl groups is 1. The van der Waals surface area contributed by atoms with Gasteiger partial charge < -0.3 is 9.52 Å². The number of phenolic OH excluding ortho intramolecular Hbond substituents is 1. The monoisotopic (exact) mass is 190 g/mol. The first-order valence-electron chi connectivity index (χ1n) is 4.92. The summed E-state index contributed by atoms with van der Waals surface area (Å²) in [5.41, 5.74) is 2.65. The van der Waals surface area contributed by atoms with Gasteiger partial charge in [0.25, 0.3) is 0 Å². The largest absolute Gasteiger partial charge is 0.504 e. The van der Waals surface area contributed by atoms with E-state index in [2.05, 4.69) is 6.92 Å². The molecule has 0 radical (unpaired) electrons. The zero-order valence-corrected chi connectivity index (χ0v) is 8.50. The Morgan fingerprint density at radius 2 is 2.14 bits per heavy atom. The highest BCUT2D eigenvalue weighted by Gasteiger charge is 2.10. The van der Waals surface area contributed by atoms with E-state index >= 15 is 0 Å². The molecule has 2 aromatic rings. The normalized spacial score (nSPS) is 11.0. The molecule has 14 heavy (non-hydrogen) atoms. The molecular formula is C12H14O2. The lowest BCUT2D eigenvalue weighted by Gasteiger charge is -2.02. The van der Waals surface area contributed by atoms with Crippen LogP contribution in [0, 0.1) is 6.92 Å². The third kappa shape index (κ3) is 1.27. The lowest BCUT2D eigenvalue weighted by atomic mass is 10.1. The molecule has 2 rings (SSSR count). The highest BCUT2D eigenvalue weighted by molar-refractivity contribution is 5.86. The van der Waals surface area contributed by atoms with E-state index in [4.69, 9.17) is 4.42 Å². The van der Waals surface area contributed by atoms with Crippen molar-refractivity contribution in [2.24, 2.45) is 0 Å². The number of aryl methyl sites for hydroxylation is 2. The van der Waals surface area contributed by atoms with Gasteiger partial charge >= 0.3 is 0 Å². The number of phenols is 1. The van der Waals surface area contributed by atoms with Crippen LogP contribution in [-0.2, 0) is 6.42 Å². The molecule has 1 heterocycles. The number of hydrogen-bond acceptors (Lipinski definition) is 2. The Balaban J connectivity index is 2.63. The van der Waals surface area contributed by atoms with Crippen molar-refractivity contribution >= 4 is 11.0 Å². The van der Waals surface area contributed by atoms with Crippen molar-refractivity contribution in [3.63, 3.8) is 0 Å². The number of rotatable bonds is 2. The van der Waals surface area contributed by atoms with Crippen LogP contribution in [0.15, 0.2) is 22.8 Å². The highest BCUT2D eigenvalue weighted by Crippen LogP contribution is 2.32. The summed E-state index contributed by atoms with van der Waals surface area (Å²) in [6.07, 6.45) is 3.60. The van der Waals surface area contributed by atoms with Crippen LogP contribution in [0.2, 0.25) is 0 Å². The fourth-order valence-electron chi connectivity index (χ4n) is 1.72. The molecule has 0 aliphatic rings. The van der Waals surface area contributed by atoms with Gasteiger partial charge in [0, 0.05) is 5.39 Å². The predicted molar refractivity (Wildman–Crippen MR) is 56.6 cm³/mol. The summed E-state index contributed by atoms with van der Waals surface area (Å²) < 4.78 is 5.32. The predicted octanol–water partition coefficient (Wildman–Crippen LogP) is 3.40. The van der Waals surface area contributed by atoms with Crippen LogP contribution in [0.3, 0.4) is 0 Å². The number of benzene rings is 1. The van der Waals surface area contributed by atoms with E-state index in [0.29, 0.717) is 11.3 Å². The molecule has 0 saturated heterocycles. The third-order valence-corrected chi connectivity index (χ3v) is 2.51. The Hall–Kier alpha value is -1.44. The number of furan rings is 1. The highest BCUT2D eigenvalue weighted by atomic mass is 16.3. The van der Waals surface area contributed by atoms with Crippen molar-refractivity contribution in [1.82, 2.24) is 0 Å². The van der Waals surface area contributed by atoms with E-state index in [1.807, 2.05) is 19.1 Å². The molecule has 1 N–H and O–H groups in total. The number of fused-ring (bicyclic) bond motifs is 1. The Morgan fingerprint density at radius 3 is 2.86 bits per heavy atom. The minimum absolute atomic E-state index is 0.303. The molecule has 0 amide bonds. The van der Waals surface area contributed by atoms with Crippen molar-refractivity contribution in [2.75, 3.05) is 0 Å². The van der Waals surface area contributed by atoms with Gasteiger partial charge in [-0.2, -0.15) is 0 Å². The van der Waals surface area contributed by atoms with Crippen LogP contribution < -0.4 is 0 Å². The molecule has 74 valence electrons. The first kappa shape index (κ1) is 9.13. The molecule has 1 aromatic carbocycles.